The highest BCUT2D eigenvalue weighted by atomic mass is 16.3. The minimum absolute atomic E-state index is 0.105. The summed E-state index contributed by atoms with van der Waals surface area (Å²) in [5.41, 5.74) is 1.37. The lowest BCUT2D eigenvalue weighted by molar-refractivity contribution is 0.00979. The van der Waals surface area contributed by atoms with E-state index >= 15 is 0 Å². The van der Waals surface area contributed by atoms with Crippen molar-refractivity contribution in [3.8, 4) is 0 Å². The van der Waals surface area contributed by atoms with Gasteiger partial charge in [0.2, 0.25) is 0 Å². The molecule has 0 spiro atoms. The van der Waals surface area contributed by atoms with Gasteiger partial charge in [0.1, 0.15) is 0 Å². The van der Waals surface area contributed by atoms with Crippen LogP contribution in [0.3, 0.4) is 0 Å². The summed E-state index contributed by atoms with van der Waals surface area (Å²) in [6.07, 6.45) is 7.28. The van der Waals surface area contributed by atoms with Crippen molar-refractivity contribution >= 4 is 6.03 Å². The van der Waals surface area contributed by atoms with Gasteiger partial charge in [0.15, 0.2) is 0 Å². The van der Waals surface area contributed by atoms with Crippen LogP contribution in [0.2, 0.25) is 0 Å². The molecule has 6 heteroatoms. The summed E-state index contributed by atoms with van der Waals surface area (Å²) in [7, 11) is 0. The van der Waals surface area contributed by atoms with Crippen LogP contribution in [0.4, 0.5) is 4.79 Å². The third-order valence-electron chi connectivity index (χ3n) is 4.72. The summed E-state index contributed by atoms with van der Waals surface area (Å²) in [5, 5.41) is 13.2. The number of amides is 2. The molecule has 6 nitrogen and oxygen atoms in total. The molecule has 3 rings (SSSR count). The van der Waals surface area contributed by atoms with Gasteiger partial charge in [-0.05, 0) is 37.8 Å². The van der Waals surface area contributed by atoms with Gasteiger partial charge in [-0.25, -0.2) is 9.78 Å². The molecule has 1 atom stereocenters. The van der Waals surface area contributed by atoms with E-state index in [0.717, 1.165) is 24.9 Å². The van der Waals surface area contributed by atoms with Crippen molar-refractivity contribution in [2.75, 3.05) is 6.54 Å². The van der Waals surface area contributed by atoms with Crippen LogP contribution in [-0.2, 0) is 13.1 Å². The van der Waals surface area contributed by atoms with Crippen molar-refractivity contribution in [1.29, 1.82) is 0 Å². The first-order valence-electron chi connectivity index (χ1n) is 8.74. The molecule has 1 aliphatic heterocycles. The number of benzene rings is 1. The second-order valence-corrected chi connectivity index (χ2v) is 7.22. The standard InChI is InChI=1S/C19H26N4O2/c1-19(2,25)17-4-3-10-23(17)18(24)21-12-15-5-7-16(8-6-15)13-22-11-9-20-14-22/h5-9,11,14,17,25H,3-4,10,12-13H2,1-2H3,(H,21,24)/t17-/m1/s1. The van der Waals surface area contributed by atoms with Gasteiger partial charge in [-0.2, -0.15) is 0 Å². The quantitative estimate of drug-likeness (QED) is 0.876. The van der Waals surface area contributed by atoms with E-state index in [2.05, 4.69) is 22.4 Å². The smallest absolute Gasteiger partial charge is 0.318 e. The summed E-state index contributed by atoms with van der Waals surface area (Å²) in [4.78, 5) is 18.2. The Hall–Kier alpha value is -2.34. The van der Waals surface area contributed by atoms with E-state index in [1.54, 1.807) is 31.3 Å². The van der Waals surface area contributed by atoms with E-state index in [0.29, 0.717) is 13.1 Å². The molecule has 2 N–H and O–H groups in total. The number of nitrogens with one attached hydrogen (secondary N) is 1. The van der Waals surface area contributed by atoms with Crippen molar-refractivity contribution in [3.63, 3.8) is 0 Å². The number of imidazole rings is 1. The van der Waals surface area contributed by atoms with Crippen molar-refractivity contribution in [3.05, 3.63) is 54.1 Å². The second-order valence-electron chi connectivity index (χ2n) is 7.22. The lowest BCUT2D eigenvalue weighted by Crippen LogP contribution is -2.51. The van der Waals surface area contributed by atoms with Crippen LogP contribution in [-0.4, -0.2) is 43.8 Å². The molecule has 0 aliphatic carbocycles. The highest BCUT2D eigenvalue weighted by molar-refractivity contribution is 5.75. The number of rotatable bonds is 5. The minimum atomic E-state index is -0.872. The number of hydrogen-bond acceptors (Lipinski definition) is 3. The highest BCUT2D eigenvalue weighted by Crippen LogP contribution is 2.26. The summed E-state index contributed by atoms with van der Waals surface area (Å²) < 4.78 is 2.01. The Labute approximate surface area is 148 Å². The summed E-state index contributed by atoms with van der Waals surface area (Å²) in [6.45, 7) is 5.50. The van der Waals surface area contributed by atoms with Crippen molar-refractivity contribution in [2.24, 2.45) is 0 Å². The summed E-state index contributed by atoms with van der Waals surface area (Å²) in [5.74, 6) is 0. The molecule has 1 aromatic carbocycles. The molecule has 2 heterocycles. The number of hydrogen-bond donors (Lipinski definition) is 2. The van der Waals surface area contributed by atoms with Gasteiger partial charge in [0.25, 0.3) is 0 Å². The first-order valence-corrected chi connectivity index (χ1v) is 8.74. The fourth-order valence-corrected chi connectivity index (χ4v) is 3.38. The Kier molecular flexibility index (Phi) is 5.08. The van der Waals surface area contributed by atoms with Crippen molar-refractivity contribution < 1.29 is 9.90 Å². The van der Waals surface area contributed by atoms with Gasteiger partial charge in [-0.15, -0.1) is 0 Å². The molecule has 2 amide bonds. The first-order chi connectivity index (χ1) is 11.9. The monoisotopic (exact) mass is 342 g/mol. The van der Waals surface area contributed by atoms with Gasteiger partial charge < -0.3 is 19.9 Å². The zero-order valence-corrected chi connectivity index (χ0v) is 14.9. The van der Waals surface area contributed by atoms with Crippen LogP contribution in [0.5, 0.6) is 0 Å². The van der Waals surface area contributed by atoms with Gasteiger partial charge in [0.05, 0.1) is 18.0 Å². The van der Waals surface area contributed by atoms with Gasteiger partial charge in [-0.3, -0.25) is 0 Å². The Morgan fingerprint density at radius 2 is 2.04 bits per heavy atom. The molecule has 0 bridgehead atoms. The number of nitrogens with zero attached hydrogens (tertiary/aromatic N) is 3. The number of urea groups is 1. The maximum absolute atomic E-state index is 12.4. The predicted octanol–water partition coefficient (Wildman–Crippen LogP) is 2.38. The third-order valence-corrected chi connectivity index (χ3v) is 4.72. The molecule has 0 saturated carbocycles. The maximum atomic E-state index is 12.4. The molecular weight excluding hydrogens is 316 g/mol. The number of carbonyl (C=O) groups excluding carboxylic acids is 1. The SMILES string of the molecule is CC(C)(O)[C@H]1CCCN1C(=O)NCc1ccc(Cn2ccnc2)cc1. The first kappa shape index (κ1) is 17.5. The van der Waals surface area contributed by atoms with E-state index in [1.807, 2.05) is 22.9 Å². The van der Waals surface area contributed by atoms with Crippen molar-refractivity contribution in [1.82, 2.24) is 19.8 Å². The van der Waals surface area contributed by atoms with Crippen LogP contribution >= 0.6 is 0 Å². The lowest BCUT2D eigenvalue weighted by Gasteiger charge is -2.33. The van der Waals surface area contributed by atoms with Crippen LogP contribution in [0.25, 0.3) is 0 Å². The molecule has 134 valence electrons. The van der Waals surface area contributed by atoms with Gasteiger partial charge in [0, 0.05) is 32.0 Å². The van der Waals surface area contributed by atoms with Crippen molar-refractivity contribution in [2.45, 2.75) is 51.4 Å². The Morgan fingerprint density at radius 1 is 1.32 bits per heavy atom. The topological polar surface area (TPSA) is 70.4 Å². The lowest BCUT2D eigenvalue weighted by atomic mass is 9.97. The normalized spacial score (nSPS) is 17.7. The molecule has 2 aromatic rings. The Bertz CT molecular complexity index is 689. The van der Waals surface area contributed by atoms with Crippen LogP contribution in [0, 0.1) is 0 Å². The molecule has 1 fully saturated rings. The van der Waals surface area contributed by atoms with E-state index < -0.39 is 5.60 Å². The minimum Gasteiger partial charge on any atom is -0.388 e. The van der Waals surface area contributed by atoms with Crippen LogP contribution in [0.1, 0.15) is 37.8 Å². The van der Waals surface area contributed by atoms with E-state index in [-0.39, 0.29) is 12.1 Å². The second kappa shape index (κ2) is 7.27. The summed E-state index contributed by atoms with van der Waals surface area (Å²) >= 11 is 0. The number of likely N-dealkylation sites (tertiary alicyclic amines) is 1. The van der Waals surface area contributed by atoms with E-state index in [1.165, 1.54) is 5.56 Å². The molecule has 0 radical (unpaired) electrons. The average Bonchev–Trinajstić information content (AvgIpc) is 3.25. The average molecular weight is 342 g/mol. The highest BCUT2D eigenvalue weighted by Gasteiger charge is 2.38. The third kappa shape index (κ3) is 4.39. The zero-order chi connectivity index (χ0) is 17.9. The molecule has 25 heavy (non-hydrogen) atoms. The number of aromatic nitrogens is 2. The molecule has 1 aromatic heterocycles. The van der Waals surface area contributed by atoms with Crippen LogP contribution < -0.4 is 5.32 Å². The number of aliphatic hydroxyl groups is 1. The van der Waals surface area contributed by atoms with Gasteiger partial charge in [-0.1, -0.05) is 24.3 Å². The molecule has 1 saturated heterocycles. The van der Waals surface area contributed by atoms with E-state index in [4.69, 9.17) is 0 Å². The summed E-state index contributed by atoms with van der Waals surface area (Å²) in [6, 6.07) is 7.97. The fourth-order valence-electron chi connectivity index (χ4n) is 3.38. The molecule has 1 aliphatic rings. The van der Waals surface area contributed by atoms with Crippen LogP contribution in [0.15, 0.2) is 43.0 Å². The Morgan fingerprint density at radius 3 is 2.68 bits per heavy atom. The fraction of sp³-hybridized carbons (Fsp3) is 0.474. The number of carbonyl (C=O) groups is 1. The molecular formula is C19H26N4O2. The zero-order valence-electron chi connectivity index (χ0n) is 14.9. The largest absolute Gasteiger partial charge is 0.388 e. The predicted molar refractivity (Wildman–Crippen MR) is 96.0 cm³/mol. The maximum Gasteiger partial charge on any atom is 0.318 e. The van der Waals surface area contributed by atoms with Gasteiger partial charge >= 0.3 is 6.03 Å². The Balaban J connectivity index is 1.53. The van der Waals surface area contributed by atoms with E-state index in [9.17, 15) is 9.90 Å². The molecule has 0 unspecified atom stereocenters.